The summed E-state index contributed by atoms with van der Waals surface area (Å²) < 4.78 is 0. The molecule has 0 spiro atoms. The van der Waals surface area contributed by atoms with Crippen molar-refractivity contribution in [3.63, 3.8) is 0 Å². The van der Waals surface area contributed by atoms with Crippen molar-refractivity contribution in [1.82, 2.24) is 4.90 Å². The average molecular weight is 275 g/mol. The number of hydrogen-bond donors (Lipinski definition) is 1. The zero-order valence-corrected chi connectivity index (χ0v) is 12.5. The zero-order valence-electron chi connectivity index (χ0n) is 12.5. The first-order valence-corrected chi connectivity index (χ1v) is 7.47. The Morgan fingerprint density at radius 2 is 2.05 bits per heavy atom. The fourth-order valence-corrected chi connectivity index (χ4v) is 2.82. The van der Waals surface area contributed by atoms with Crippen molar-refractivity contribution in [1.29, 1.82) is 0 Å². The number of hydrogen-bond acceptors (Lipinski definition) is 2. The maximum atomic E-state index is 12.2. The summed E-state index contributed by atoms with van der Waals surface area (Å²) in [7, 11) is 0. The fourth-order valence-electron chi connectivity index (χ4n) is 2.82. The number of nitrogens with zero attached hydrogens (tertiary/aromatic N) is 1. The van der Waals surface area contributed by atoms with E-state index in [2.05, 4.69) is 26.0 Å². The first-order chi connectivity index (χ1) is 9.53. The van der Waals surface area contributed by atoms with Crippen LogP contribution in [0.25, 0.3) is 0 Å². The lowest BCUT2D eigenvalue weighted by atomic mass is 9.80. The summed E-state index contributed by atoms with van der Waals surface area (Å²) in [6.07, 6.45) is 2.38. The Bertz CT molecular complexity index is 442. The van der Waals surface area contributed by atoms with Gasteiger partial charge in [-0.1, -0.05) is 44.2 Å². The first-order valence-electron chi connectivity index (χ1n) is 7.47. The van der Waals surface area contributed by atoms with Crippen molar-refractivity contribution < 1.29 is 9.90 Å². The van der Waals surface area contributed by atoms with Crippen LogP contribution >= 0.6 is 0 Å². The van der Waals surface area contributed by atoms with Gasteiger partial charge in [0.05, 0.1) is 0 Å². The van der Waals surface area contributed by atoms with Gasteiger partial charge in [-0.15, -0.1) is 0 Å². The van der Waals surface area contributed by atoms with Gasteiger partial charge in [-0.25, -0.2) is 0 Å². The molecule has 2 rings (SSSR count). The van der Waals surface area contributed by atoms with Crippen LogP contribution in [-0.4, -0.2) is 35.6 Å². The number of likely N-dealkylation sites (tertiary alicyclic amines) is 1. The average Bonchev–Trinajstić information content (AvgIpc) is 2.95. The molecular formula is C17H25NO2. The minimum absolute atomic E-state index is 0.0209. The molecule has 3 nitrogen and oxygen atoms in total. The van der Waals surface area contributed by atoms with Crippen LogP contribution in [-0.2, 0) is 10.2 Å². The molecule has 3 heteroatoms. The van der Waals surface area contributed by atoms with Gasteiger partial charge in [-0.2, -0.15) is 0 Å². The van der Waals surface area contributed by atoms with Gasteiger partial charge >= 0.3 is 0 Å². The third kappa shape index (κ3) is 3.60. The fraction of sp³-hybridized carbons (Fsp3) is 0.588. The lowest BCUT2D eigenvalue weighted by Gasteiger charge is -2.26. The summed E-state index contributed by atoms with van der Waals surface area (Å²) >= 11 is 0. The van der Waals surface area contributed by atoms with E-state index in [1.165, 1.54) is 5.56 Å². The van der Waals surface area contributed by atoms with Crippen molar-refractivity contribution in [3.05, 3.63) is 35.9 Å². The molecule has 0 saturated carbocycles. The van der Waals surface area contributed by atoms with Gasteiger partial charge in [0.15, 0.2) is 0 Å². The summed E-state index contributed by atoms with van der Waals surface area (Å²) in [4.78, 5) is 14.1. The van der Waals surface area contributed by atoms with Crippen LogP contribution in [0.2, 0.25) is 0 Å². The molecule has 1 aliphatic rings. The third-order valence-corrected chi connectivity index (χ3v) is 4.42. The van der Waals surface area contributed by atoms with E-state index in [1.807, 2.05) is 23.1 Å². The van der Waals surface area contributed by atoms with E-state index >= 15 is 0 Å². The Kier molecular flexibility index (Phi) is 4.81. The Morgan fingerprint density at radius 1 is 1.35 bits per heavy atom. The molecule has 1 heterocycles. The van der Waals surface area contributed by atoms with Gasteiger partial charge in [0, 0.05) is 32.0 Å². The molecule has 1 aliphatic heterocycles. The monoisotopic (exact) mass is 275 g/mol. The molecular weight excluding hydrogens is 250 g/mol. The quantitative estimate of drug-likeness (QED) is 0.897. The lowest BCUT2D eigenvalue weighted by Crippen LogP contribution is -2.30. The second kappa shape index (κ2) is 6.40. The second-order valence-corrected chi connectivity index (χ2v) is 6.43. The van der Waals surface area contributed by atoms with Crippen LogP contribution in [0.3, 0.4) is 0 Å². The molecule has 0 radical (unpaired) electrons. The van der Waals surface area contributed by atoms with Crippen LogP contribution in [0.4, 0.5) is 0 Å². The molecule has 20 heavy (non-hydrogen) atoms. The zero-order chi connectivity index (χ0) is 14.6. The summed E-state index contributed by atoms with van der Waals surface area (Å²) in [6, 6.07) is 10.4. The van der Waals surface area contributed by atoms with Crippen molar-refractivity contribution in [2.45, 2.75) is 38.5 Å². The number of carbonyl (C=O) groups is 1. The van der Waals surface area contributed by atoms with Crippen LogP contribution in [0.5, 0.6) is 0 Å². The predicted molar refractivity (Wildman–Crippen MR) is 80.5 cm³/mol. The van der Waals surface area contributed by atoms with E-state index in [-0.39, 0.29) is 23.8 Å². The van der Waals surface area contributed by atoms with E-state index in [4.69, 9.17) is 5.11 Å². The van der Waals surface area contributed by atoms with Crippen LogP contribution in [0.15, 0.2) is 30.3 Å². The molecule has 0 aliphatic carbocycles. The highest BCUT2D eigenvalue weighted by Gasteiger charge is 2.27. The number of benzene rings is 1. The van der Waals surface area contributed by atoms with Gasteiger partial charge in [-0.05, 0) is 23.8 Å². The summed E-state index contributed by atoms with van der Waals surface area (Å²) in [5, 5.41) is 9.14. The van der Waals surface area contributed by atoms with Crippen LogP contribution in [0.1, 0.15) is 38.7 Å². The molecule has 1 atom stereocenters. The van der Waals surface area contributed by atoms with E-state index < -0.39 is 0 Å². The standard InChI is InChI=1S/C17H25NO2/c1-17(2,15-6-4-3-5-7-15)10-8-16(20)18-11-9-14(12-18)13-19/h3-7,14,19H,8-13H2,1-2H3. The number of amides is 1. The van der Waals surface area contributed by atoms with E-state index in [1.54, 1.807) is 0 Å². The molecule has 1 aromatic rings. The third-order valence-electron chi connectivity index (χ3n) is 4.42. The maximum Gasteiger partial charge on any atom is 0.222 e. The Morgan fingerprint density at radius 3 is 2.65 bits per heavy atom. The summed E-state index contributed by atoms with van der Waals surface area (Å²) in [5.41, 5.74) is 1.30. The van der Waals surface area contributed by atoms with Gasteiger partial charge in [0.25, 0.3) is 0 Å². The summed E-state index contributed by atoms with van der Waals surface area (Å²) in [6.45, 7) is 6.10. The number of aliphatic hydroxyl groups excluding tert-OH is 1. The Labute approximate surface area is 121 Å². The topological polar surface area (TPSA) is 40.5 Å². The Balaban J connectivity index is 1.87. The van der Waals surface area contributed by atoms with Crippen molar-refractivity contribution >= 4 is 5.91 Å². The molecule has 0 bridgehead atoms. The molecule has 1 amide bonds. The molecule has 1 aromatic carbocycles. The number of aliphatic hydroxyl groups is 1. The van der Waals surface area contributed by atoms with Gasteiger partial charge < -0.3 is 10.0 Å². The van der Waals surface area contributed by atoms with E-state index in [0.29, 0.717) is 6.42 Å². The molecule has 1 saturated heterocycles. The normalized spacial score (nSPS) is 19.4. The molecule has 1 N–H and O–H groups in total. The van der Waals surface area contributed by atoms with Crippen LogP contribution < -0.4 is 0 Å². The number of carbonyl (C=O) groups excluding carboxylic acids is 1. The van der Waals surface area contributed by atoms with Crippen molar-refractivity contribution in [3.8, 4) is 0 Å². The minimum atomic E-state index is 0.0209. The SMILES string of the molecule is CC(C)(CCC(=O)N1CCC(CO)C1)c1ccccc1. The molecule has 1 unspecified atom stereocenters. The summed E-state index contributed by atoms with van der Waals surface area (Å²) in [5.74, 6) is 0.506. The first kappa shape index (κ1) is 15.0. The molecule has 0 aromatic heterocycles. The van der Waals surface area contributed by atoms with Crippen molar-refractivity contribution in [2.24, 2.45) is 5.92 Å². The Hall–Kier alpha value is -1.35. The highest BCUT2D eigenvalue weighted by molar-refractivity contribution is 5.76. The van der Waals surface area contributed by atoms with E-state index in [0.717, 1.165) is 25.9 Å². The second-order valence-electron chi connectivity index (χ2n) is 6.43. The van der Waals surface area contributed by atoms with Gasteiger partial charge in [0.2, 0.25) is 5.91 Å². The molecule has 110 valence electrons. The predicted octanol–water partition coefficient (Wildman–Crippen LogP) is 2.59. The molecule has 1 fully saturated rings. The number of rotatable bonds is 5. The highest BCUT2D eigenvalue weighted by Crippen LogP contribution is 2.29. The van der Waals surface area contributed by atoms with Crippen molar-refractivity contribution in [2.75, 3.05) is 19.7 Å². The van der Waals surface area contributed by atoms with Crippen LogP contribution in [0, 0.1) is 5.92 Å². The van der Waals surface area contributed by atoms with Gasteiger partial charge in [0.1, 0.15) is 0 Å². The maximum absolute atomic E-state index is 12.2. The highest BCUT2D eigenvalue weighted by atomic mass is 16.3. The van der Waals surface area contributed by atoms with Gasteiger partial charge in [-0.3, -0.25) is 4.79 Å². The minimum Gasteiger partial charge on any atom is -0.396 e. The smallest absolute Gasteiger partial charge is 0.222 e. The lowest BCUT2D eigenvalue weighted by molar-refractivity contribution is -0.130. The van der Waals surface area contributed by atoms with E-state index in [9.17, 15) is 4.79 Å². The largest absolute Gasteiger partial charge is 0.396 e.